The van der Waals surface area contributed by atoms with Gasteiger partial charge in [-0.25, -0.2) is 0 Å². The molecule has 0 saturated heterocycles. The van der Waals surface area contributed by atoms with Crippen molar-refractivity contribution in [2.45, 2.75) is 33.0 Å². The van der Waals surface area contributed by atoms with Gasteiger partial charge in [0.25, 0.3) is 5.56 Å². The topological polar surface area (TPSA) is 106 Å². The molecule has 2 aromatic rings. The standard InChI is InChI=1S/C20H26N4O3/c1-14(2)19(21)20(27)23-12-17(25)22-11-15-6-8-16(9-7-15)13-24-10-4-3-5-18(24)26/h3-10,14,19H,11-13,21H2,1-2H3,(H,22,25)(H,23,27)/t19-/m0/s1. The maximum atomic E-state index is 11.9. The molecular formula is C20H26N4O3. The van der Waals surface area contributed by atoms with Gasteiger partial charge in [0.15, 0.2) is 0 Å². The third kappa shape index (κ3) is 6.38. The van der Waals surface area contributed by atoms with Crippen molar-refractivity contribution in [1.29, 1.82) is 0 Å². The van der Waals surface area contributed by atoms with Gasteiger partial charge in [-0.2, -0.15) is 0 Å². The molecule has 0 spiro atoms. The van der Waals surface area contributed by atoms with E-state index >= 15 is 0 Å². The van der Waals surface area contributed by atoms with E-state index in [1.807, 2.05) is 44.2 Å². The molecular weight excluding hydrogens is 344 g/mol. The molecule has 0 radical (unpaired) electrons. The molecule has 2 amide bonds. The van der Waals surface area contributed by atoms with Gasteiger partial charge >= 0.3 is 0 Å². The molecule has 0 saturated carbocycles. The second-order valence-electron chi connectivity index (χ2n) is 6.75. The highest BCUT2D eigenvalue weighted by Crippen LogP contribution is 2.05. The molecule has 2 rings (SSSR count). The number of rotatable bonds is 8. The summed E-state index contributed by atoms with van der Waals surface area (Å²) in [6.07, 6.45) is 1.75. The Hall–Kier alpha value is -2.93. The van der Waals surface area contributed by atoms with Gasteiger partial charge < -0.3 is 20.9 Å². The summed E-state index contributed by atoms with van der Waals surface area (Å²) in [6, 6.07) is 12.1. The van der Waals surface area contributed by atoms with E-state index in [0.717, 1.165) is 11.1 Å². The van der Waals surface area contributed by atoms with Crippen LogP contribution in [0.3, 0.4) is 0 Å². The van der Waals surface area contributed by atoms with Gasteiger partial charge in [-0.15, -0.1) is 0 Å². The van der Waals surface area contributed by atoms with Crippen LogP contribution in [0.15, 0.2) is 53.5 Å². The molecule has 4 N–H and O–H groups in total. The van der Waals surface area contributed by atoms with Crippen molar-refractivity contribution in [3.63, 3.8) is 0 Å². The van der Waals surface area contributed by atoms with Crippen LogP contribution in [-0.4, -0.2) is 29.0 Å². The van der Waals surface area contributed by atoms with E-state index in [-0.39, 0.29) is 29.8 Å². The van der Waals surface area contributed by atoms with E-state index in [4.69, 9.17) is 5.73 Å². The minimum Gasteiger partial charge on any atom is -0.350 e. The van der Waals surface area contributed by atoms with Crippen LogP contribution >= 0.6 is 0 Å². The molecule has 0 aliphatic carbocycles. The van der Waals surface area contributed by atoms with Crippen molar-refractivity contribution in [1.82, 2.24) is 15.2 Å². The monoisotopic (exact) mass is 370 g/mol. The van der Waals surface area contributed by atoms with Gasteiger partial charge in [-0.1, -0.05) is 44.2 Å². The number of nitrogens with zero attached hydrogens (tertiary/aromatic N) is 1. The highest BCUT2D eigenvalue weighted by atomic mass is 16.2. The zero-order valence-corrected chi connectivity index (χ0v) is 15.6. The molecule has 1 heterocycles. The van der Waals surface area contributed by atoms with Gasteiger partial charge in [-0.3, -0.25) is 14.4 Å². The van der Waals surface area contributed by atoms with Gasteiger partial charge in [-0.05, 0) is 23.1 Å². The lowest BCUT2D eigenvalue weighted by molar-refractivity contribution is -0.127. The Labute approximate surface area is 158 Å². The number of nitrogens with two attached hydrogens (primary N) is 1. The Balaban J connectivity index is 1.79. The number of carbonyl (C=O) groups is 2. The zero-order valence-electron chi connectivity index (χ0n) is 15.6. The van der Waals surface area contributed by atoms with Gasteiger partial charge in [0.2, 0.25) is 11.8 Å². The van der Waals surface area contributed by atoms with Crippen LogP contribution in [-0.2, 0) is 22.7 Å². The van der Waals surface area contributed by atoms with Crippen LogP contribution in [0.1, 0.15) is 25.0 Å². The average Bonchev–Trinajstić information content (AvgIpc) is 2.66. The average molecular weight is 370 g/mol. The first-order valence-corrected chi connectivity index (χ1v) is 8.90. The second kappa shape index (κ2) is 9.68. The minimum atomic E-state index is -0.623. The maximum absolute atomic E-state index is 11.9. The first kappa shape index (κ1) is 20.4. The first-order valence-electron chi connectivity index (χ1n) is 8.90. The van der Waals surface area contributed by atoms with E-state index in [1.54, 1.807) is 16.8 Å². The summed E-state index contributed by atoms with van der Waals surface area (Å²) >= 11 is 0. The predicted molar refractivity (Wildman–Crippen MR) is 104 cm³/mol. The minimum absolute atomic E-state index is 0.0123. The Morgan fingerprint density at radius 1 is 1.04 bits per heavy atom. The molecule has 144 valence electrons. The highest BCUT2D eigenvalue weighted by molar-refractivity contribution is 5.87. The quantitative estimate of drug-likeness (QED) is 0.633. The van der Waals surface area contributed by atoms with Gasteiger partial charge in [0.1, 0.15) is 0 Å². The molecule has 0 fully saturated rings. The molecule has 0 aliphatic heterocycles. The van der Waals surface area contributed by atoms with Crippen LogP contribution in [0, 0.1) is 5.92 Å². The molecule has 0 unspecified atom stereocenters. The molecule has 1 aromatic carbocycles. The van der Waals surface area contributed by atoms with Crippen molar-refractivity contribution in [2.24, 2.45) is 11.7 Å². The molecule has 1 atom stereocenters. The number of hydrogen-bond acceptors (Lipinski definition) is 4. The van der Waals surface area contributed by atoms with E-state index in [2.05, 4.69) is 10.6 Å². The van der Waals surface area contributed by atoms with Crippen molar-refractivity contribution < 1.29 is 9.59 Å². The summed E-state index contributed by atoms with van der Waals surface area (Å²) in [5.74, 6) is -0.599. The third-order valence-corrected chi connectivity index (χ3v) is 4.21. The molecule has 0 aliphatic rings. The van der Waals surface area contributed by atoms with Crippen molar-refractivity contribution in [2.75, 3.05) is 6.54 Å². The number of benzene rings is 1. The smallest absolute Gasteiger partial charge is 0.250 e. The van der Waals surface area contributed by atoms with Gasteiger partial charge in [0, 0.05) is 18.8 Å². The van der Waals surface area contributed by atoms with E-state index < -0.39 is 6.04 Å². The zero-order chi connectivity index (χ0) is 19.8. The molecule has 7 nitrogen and oxygen atoms in total. The van der Waals surface area contributed by atoms with Crippen LogP contribution in [0.5, 0.6) is 0 Å². The van der Waals surface area contributed by atoms with Crippen LogP contribution in [0.25, 0.3) is 0 Å². The van der Waals surface area contributed by atoms with E-state index in [1.165, 1.54) is 6.07 Å². The van der Waals surface area contributed by atoms with Crippen LogP contribution in [0.2, 0.25) is 0 Å². The Morgan fingerprint density at radius 2 is 1.70 bits per heavy atom. The number of nitrogens with one attached hydrogen (secondary N) is 2. The summed E-state index contributed by atoms with van der Waals surface area (Å²) in [5.41, 5.74) is 7.60. The summed E-state index contributed by atoms with van der Waals surface area (Å²) < 4.78 is 1.63. The summed E-state index contributed by atoms with van der Waals surface area (Å²) in [6.45, 7) is 4.45. The fraction of sp³-hybridized carbons (Fsp3) is 0.350. The van der Waals surface area contributed by atoms with E-state index in [9.17, 15) is 14.4 Å². The largest absolute Gasteiger partial charge is 0.350 e. The number of hydrogen-bond donors (Lipinski definition) is 3. The lowest BCUT2D eigenvalue weighted by Gasteiger charge is -2.15. The second-order valence-corrected chi connectivity index (χ2v) is 6.75. The molecule has 27 heavy (non-hydrogen) atoms. The first-order chi connectivity index (χ1) is 12.9. The lowest BCUT2D eigenvalue weighted by atomic mass is 10.1. The summed E-state index contributed by atoms with van der Waals surface area (Å²) in [4.78, 5) is 35.3. The molecule has 7 heteroatoms. The SMILES string of the molecule is CC(C)[C@H](N)C(=O)NCC(=O)NCc1ccc(Cn2ccccc2=O)cc1. The summed E-state index contributed by atoms with van der Waals surface area (Å²) in [5, 5.41) is 5.28. The van der Waals surface area contributed by atoms with Crippen molar-refractivity contribution in [3.05, 3.63) is 70.1 Å². The Bertz CT molecular complexity index is 828. The summed E-state index contributed by atoms with van der Waals surface area (Å²) in [7, 11) is 0. The predicted octanol–water partition coefficient (Wildman–Crippen LogP) is 0.612. The maximum Gasteiger partial charge on any atom is 0.250 e. The van der Waals surface area contributed by atoms with Gasteiger partial charge in [0.05, 0.1) is 19.1 Å². The van der Waals surface area contributed by atoms with Crippen molar-refractivity contribution >= 4 is 11.8 Å². The number of pyridine rings is 1. The normalized spacial score (nSPS) is 11.9. The fourth-order valence-electron chi connectivity index (χ4n) is 2.40. The van der Waals surface area contributed by atoms with E-state index in [0.29, 0.717) is 13.1 Å². The van der Waals surface area contributed by atoms with Crippen LogP contribution < -0.4 is 21.9 Å². The Morgan fingerprint density at radius 3 is 2.33 bits per heavy atom. The third-order valence-electron chi connectivity index (χ3n) is 4.21. The van der Waals surface area contributed by atoms with Crippen LogP contribution in [0.4, 0.5) is 0 Å². The number of amides is 2. The fourth-order valence-corrected chi connectivity index (χ4v) is 2.40. The Kier molecular flexibility index (Phi) is 7.31. The highest BCUT2D eigenvalue weighted by Gasteiger charge is 2.17. The lowest BCUT2D eigenvalue weighted by Crippen LogP contribution is -2.47. The number of aromatic nitrogens is 1. The molecule has 1 aromatic heterocycles. The number of carbonyl (C=O) groups excluding carboxylic acids is 2. The van der Waals surface area contributed by atoms with Crippen molar-refractivity contribution in [3.8, 4) is 0 Å². The molecule has 0 bridgehead atoms.